The lowest BCUT2D eigenvalue weighted by molar-refractivity contribution is 0.377. The summed E-state index contributed by atoms with van der Waals surface area (Å²) < 4.78 is 11.3. The van der Waals surface area contributed by atoms with E-state index in [1.165, 1.54) is 5.56 Å². The van der Waals surface area contributed by atoms with Gasteiger partial charge in [0.05, 0.1) is 7.11 Å². The van der Waals surface area contributed by atoms with E-state index in [0.29, 0.717) is 12.3 Å². The Hall–Kier alpha value is -2.07. The molecule has 1 heterocycles. The summed E-state index contributed by atoms with van der Waals surface area (Å²) in [4.78, 5) is 4.23. The van der Waals surface area contributed by atoms with Crippen LogP contribution < -0.4 is 15.2 Å². The second-order valence-electron chi connectivity index (χ2n) is 4.58. The van der Waals surface area contributed by atoms with Crippen LogP contribution >= 0.6 is 0 Å². The Bertz CT molecular complexity index is 597. The Labute approximate surface area is 119 Å². The highest BCUT2D eigenvalue weighted by atomic mass is 16.5. The first-order valence-electron chi connectivity index (χ1n) is 6.68. The third-order valence-corrected chi connectivity index (χ3v) is 3.16. The molecule has 4 nitrogen and oxygen atoms in total. The van der Waals surface area contributed by atoms with E-state index in [2.05, 4.69) is 11.9 Å². The summed E-state index contributed by atoms with van der Waals surface area (Å²) in [7, 11) is 1.64. The van der Waals surface area contributed by atoms with Crippen LogP contribution in [0.25, 0.3) is 0 Å². The Kier molecular flexibility index (Phi) is 4.58. The first kappa shape index (κ1) is 14.3. The van der Waals surface area contributed by atoms with Crippen molar-refractivity contribution in [1.29, 1.82) is 0 Å². The summed E-state index contributed by atoms with van der Waals surface area (Å²) in [5.74, 6) is 2.13. The molecule has 0 radical (unpaired) electrons. The monoisotopic (exact) mass is 272 g/mol. The number of aromatic nitrogens is 1. The maximum atomic E-state index is 5.96. The van der Waals surface area contributed by atoms with Crippen molar-refractivity contribution in [1.82, 2.24) is 4.98 Å². The topological polar surface area (TPSA) is 57.4 Å². The van der Waals surface area contributed by atoms with Gasteiger partial charge in [0.1, 0.15) is 5.75 Å². The van der Waals surface area contributed by atoms with Crippen LogP contribution in [-0.2, 0) is 13.0 Å². The summed E-state index contributed by atoms with van der Waals surface area (Å²) in [5.41, 5.74) is 8.69. The third-order valence-electron chi connectivity index (χ3n) is 3.16. The van der Waals surface area contributed by atoms with Crippen LogP contribution in [0.15, 0.2) is 30.5 Å². The Balaban J connectivity index is 2.36. The van der Waals surface area contributed by atoms with Gasteiger partial charge in [-0.15, -0.1) is 0 Å². The molecule has 0 spiro atoms. The zero-order chi connectivity index (χ0) is 14.5. The van der Waals surface area contributed by atoms with Crippen LogP contribution in [0.4, 0.5) is 0 Å². The zero-order valence-corrected chi connectivity index (χ0v) is 12.1. The molecule has 1 aromatic heterocycles. The molecule has 0 saturated carbocycles. The first-order valence-corrected chi connectivity index (χ1v) is 6.68. The average molecular weight is 272 g/mol. The molecule has 0 atom stereocenters. The molecule has 106 valence electrons. The fourth-order valence-corrected chi connectivity index (χ4v) is 1.95. The summed E-state index contributed by atoms with van der Waals surface area (Å²) in [5, 5.41) is 0. The van der Waals surface area contributed by atoms with E-state index in [4.69, 9.17) is 15.2 Å². The summed E-state index contributed by atoms with van der Waals surface area (Å²) in [6.07, 6.45) is 2.70. The standard InChI is InChI=1S/C16H20N2O2/c1-4-12-5-6-14(16(8-12)19-3)20-15-7-11(2)18-10-13(15)9-17/h5-8,10H,4,9,17H2,1-3H3. The average Bonchev–Trinajstić information content (AvgIpc) is 2.48. The maximum absolute atomic E-state index is 5.96. The van der Waals surface area contributed by atoms with Crippen LogP contribution in [0.5, 0.6) is 17.2 Å². The number of hydrogen-bond donors (Lipinski definition) is 1. The van der Waals surface area contributed by atoms with E-state index in [-0.39, 0.29) is 0 Å². The highest BCUT2D eigenvalue weighted by Crippen LogP contribution is 2.34. The lowest BCUT2D eigenvalue weighted by Gasteiger charge is -2.14. The van der Waals surface area contributed by atoms with Crippen molar-refractivity contribution < 1.29 is 9.47 Å². The van der Waals surface area contributed by atoms with E-state index >= 15 is 0 Å². The van der Waals surface area contributed by atoms with Crippen molar-refractivity contribution in [3.63, 3.8) is 0 Å². The first-order chi connectivity index (χ1) is 9.67. The number of methoxy groups -OCH3 is 1. The van der Waals surface area contributed by atoms with Crippen LogP contribution in [0.1, 0.15) is 23.7 Å². The Morgan fingerprint density at radius 3 is 2.60 bits per heavy atom. The summed E-state index contributed by atoms with van der Waals surface area (Å²) in [6.45, 7) is 4.41. The molecule has 4 heteroatoms. The van der Waals surface area contributed by atoms with Crippen molar-refractivity contribution in [2.24, 2.45) is 5.73 Å². The minimum Gasteiger partial charge on any atom is -0.493 e. The predicted octanol–water partition coefficient (Wildman–Crippen LogP) is 3.21. The van der Waals surface area contributed by atoms with Gasteiger partial charge in [0, 0.05) is 30.1 Å². The number of nitrogens with zero attached hydrogens (tertiary/aromatic N) is 1. The molecule has 0 unspecified atom stereocenters. The predicted molar refractivity (Wildman–Crippen MR) is 79.3 cm³/mol. The molecule has 0 aliphatic carbocycles. The molecule has 2 rings (SSSR count). The molecular formula is C16H20N2O2. The number of nitrogens with two attached hydrogens (primary N) is 1. The van der Waals surface area contributed by atoms with Gasteiger partial charge in [-0.05, 0) is 31.0 Å². The van der Waals surface area contributed by atoms with Gasteiger partial charge in [-0.3, -0.25) is 4.98 Å². The van der Waals surface area contributed by atoms with Gasteiger partial charge in [-0.1, -0.05) is 13.0 Å². The minimum absolute atomic E-state index is 0.387. The minimum atomic E-state index is 0.387. The normalized spacial score (nSPS) is 10.4. The van der Waals surface area contributed by atoms with Crippen molar-refractivity contribution in [3.8, 4) is 17.2 Å². The maximum Gasteiger partial charge on any atom is 0.169 e. The summed E-state index contributed by atoms with van der Waals surface area (Å²) in [6, 6.07) is 7.84. The molecule has 0 amide bonds. The largest absolute Gasteiger partial charge is 0.493 e. The van der Waals surface area contributed by atoms with E-state index in [1.807, 2.05) is 31.2 Å². The van der Waals surface area contributed by atoms with E-state index in [9.17, 15) is 0 Å². The van der Waals surface area contributed by atoms with E-state index in [1.54, 1.807) is 13.3 Å². The van der Waals surface area contributed by atoms with Gasteiger partial charge < -0.3 is 15.2 Å². The lowest BCUT2D eigenvalue weighted by atomic mass is 10.1. The van der Waals surface area contributed by atoms with Crippen molar-refractivity contribution in [2.75, 3.05) is 7.11 Å². The molecule has 2 aromatic rings. The highest BCUT2D eigenvalue weighted by molar-refractivity contribution is 5.47. The quantitative estimate of drug-likeness (QED) is 0.908. The Morgan fingerprint density at radius 1 is 1.15 bits per heavy atom. The zero-order valence-electron chi connectivity index (χ0n) is 12.1. The van der Waals surface area contributed by atoms with Crippen LogP contribution in [0.2, 0.25) is 0 Å². The van der Waals surface area contributed by atoms with Gasteiger partial charge in [-0.2, -0.15) is 0 Å². The molecular weight excluding hydrogens is 252 g/mol. The molecule has 0 aliphatic rings. The molecule has 0 fully saturated rings. The van der Waals surface area contributed by atoms with E-state index in [0.717, 1.165) is 29.2 Å². The molecule has 2 N–H and O–H groups in total. The van der Waals surface area contributed by atoms with Gasteiger partial charge in [0.2, 0.25) is 0 Å². The Morgan fingerprint density at radius 2 is 1.95 bits per heavy atom. The number of aryl methyl sites for hydroxylation is 2. The highest BCUT2D eigenvalue weighted by Gasteiger charge is 2.10. The smallest absolute Gasteiger partial charge is 0.169 e. The second-order valence-corrected chi connectivity index (χ2v) is 4.58. The van der Waals surface area contributed by atoms with Crippen LogP contribution in [0, 0.1) is 6.92 Å². The molecule has 20 heavy (non-hydrogen) atoms. The van der Waals surface area contributed by atoms with Gasteiger partial charge >= 0.3 is 0 Å². The number of hydrogen-bond acceptors (Lipinski definition) is 4. The van der Waals surface area contributed by atoms with Crippen molar-refractivity contribution in [3.05, 3.63) is 47.3 Å². The molecule has 0 bridgehead atoms. The third kappa shape index (κ3) is 3.08. The molecule has 1 aromatic carbocycles. The number of benzene rings is 1. The van der Waals surface area contributed by atoms with Gasteiger partial charge in [-0.25, -0.2) is 0 Å². The van der Waals surface area contributed by atoms with Crippen LogP contribution in [0.3, 0.4) is 0 Å². The molecule has 0 saturated heterocycles. The summed E-state index contributed by atoms with van der Waals surface area (Å²) >= 11 is 0. The number of pyridine rings is 1. The van der Waals surface area contributed by atoms with Crippen molar-refractivity contribution in [2.45, 2.75) is 26.8 Å². The number of ether oxygens (including phenoxy) is 2. The fraction of sp³-hybridized carbons (Fsp3) is 0.312. The van der Waals surface area contributed by atoms with Crippen molar-refractivity contribution >= 4 is 0 Å². The fourth-order valence-electron chi connectivity index (χ4n) is 1.95. The molecule has 0 aliphatic heterocycles. The van der Waals surface area contributed by atoms with Gasteiger partial charge in [0.15, 0.2) is 11.5 Å². The SMILES string of the molecule is CCc1ccc(Oc2cc(C)ncc2CN)c(OC)c1. The van der Waals surface area contributed by atoms with Crippen LogP contribution in [-0.4, -0.2) is 12.1 Å². The number of rotatable bonds is 5. The lowest BCUT2D eigenvalue weighted by Crippen LogP contribution is -2.02. The van der Waals surface area contributed by atoms with E-state index < -0.39 is 0 Å². The second kappa shape index (κ2) is 6.39. The van der Waals surface area contributed by atoms with Gasteiger partial charge in [0.25, 0.3) is 0 Å².